The molecule has 1 atom stereocenters. The maximum absolute atomic E-state index is 10.9. The van der Waals surface area contributed by atoms with Crippen molar-refractivity contribution >= 4 is 29.8 Å². The molecule has 0 aliphatic rings. The Morgan fingerprint density at radius 3 is 2.89 bits per heavy atom. The van der Waals surface area contributed by atoms with Gasteiger partial charge in [-0.25, -0.2) is 14.5 Å². The number of thiazole rings is 1. The molecule has 7 nitrogen and oxygen atoms in total. The largest absolute Gasteiger partial charge is 0.358 e. The molecule has 0 saturated heterocycles. The SMILES string of the molecule is CCn1c([N+](=O)[O-])cnc1C(S)c1ncc(C#N)s1. The van der Waals surface area contributed by atoms with Crippen LogP contribution >= 0.6 is 24.0 Å². The van der Waals surface area contributed by atoms with Crippen LogP contribution in [0, 0.1) is 21.4 Å². The molecule has 19 heavy (non-hydrogen) atoms. The zero-order valence-corrected chi connectivity index (χ0v) is 11.6. The van der Waals surface area contributed by atoms with Crippen LogP contribution in [0.1, 0.15) is 27.9 Å². The molecule has 1 unspecified atom stereocenters. The van der Waals surface area contributed by atoms with E-state index in [2.05, 4.69) is 22.6 Å². The van der Waals surface area contributed by atoms with Crippen molar-refractivity contribution in [1.82, 2.24) is 14.5 Å². The first-order valence-electron chi connectivity index (χ1n) is 5.32. The molecule has 0 aliphatic heterocycles. The van der Waals surface area contributed by atoms with Crippen LogP contribution in [0.5, 0.6) is 0 Å². The lowest BCUT2D eigenvalue weighted by atomic mass is 10.4. The predicted octanol–water partition coefficient (Wildman–Crippen LogP) is 2.16. The van der Waals surface area contributed by atoms with E-state index in [4.69, 9.17) is 5.26 Å². The van der Waals surface area contributed by atoms with Crippen LogP contribution in [-0.2, 0) is 6.54 Å². The van der Waals surface area contributed by atoms with Gasteiger partial charge in [0.05, 0.1) is 12.7 Å². The smallest absolute Gasteiger partial charge is 0.342 e. The molecule has 0 bridgehead atoms. The molecular weight excluding hydrogens is 286 g/mol. The molecule has 0 aliphatic carbocycles. The molecular formula is C10H9N5O2S2. The van der Waals surface area contributed by atoms with Gasteiger partial charge in [-0.1, -0.05) is 0 Å². The number of imidazole rings is 1. The van der Waals surface area contributed by atoms with E-state index in [0.29, 0.717) is 22.3 Å². The molecule has 0 spiro atoms. The van der Waals surface area contributed by atoms with Crippen LogP contribution in [0.2, 0.25) is 0 Å². The minimum atomic E-state index is -0.485. The second-order valence-electron chi connectivity index (χ2n) is 3.55. The average molecular weight is 295 g/mol. The molecule has 0 N–H and O–H groups in total. The van der Waals surface area contributed by atoms with Gasteiger partial charge >= 0.3 is 5.82 Å². The summed E-state index contributed by atoms with van der Waals surface area (Å²) in [6.07, 6.45) is 2.66. The fraction of sp³-hybridized carbons (Fsp3) is 0.300. The van der Waals surface area contributed by atoms with Crippen molar-refractivity contribution in [3.63, 3.8) is 0 Å². The standard InChI is InChI=1S/C10H9N5O2S2/c1-2-14-7(15(16)17)5-12-9(14)8(18)10-13-4-6(3-11)19-10/h4-5,8,18H,2H2,1H3. The highest BCUT2D eigenvalue weighted by molar-refractivity contribution is 7.80. The number of rotatable bonds is 4. The number of nitrogens with zero attached hydrogens (tertiary/aromatic N) is 5. The molecule has 2 aromatic heterocycles. The van der Waals surface area contributed by atoms with Gasteiger partial charge in [-0.15, -0.1) is 11.3 Å². The topological polar surface area (TPSA) is 97.6 Å². The number of hydrogen-bond donors (Lipinski definition) is 1. The van der Waals surface area contributed by atoms with E-state index >= 15 is 0 Å². The van der Waals surface area contributed by atoms with E-state index in [9.17, 15) is 10.1 Å². The summed E-state index contributed by atoms with van der Waals surface area (Å²) in [6, 6.07) is 1.99. The summed E-state index contributed by atoms with van der Waals surface area (Å²) in [5.74, 6) is 0.380. The third-order valence-corrected chi connectivity index (χ3v) is 4.10. The summed E-state index contributed by atoms with van der Waals surface area (Å²) >= 11 is 5.60. The number of nitro groups is 1. The summed E-state index contributed by atoms with van der Waals surface area (Å²) in [5, 5.41) is 19.7. The number of aromatic nitrogens is 3. The van der Waals surface area contributed by atoms with E-state index in [0.717, 1.165) is 0 Å². The van der Waals surface area contributed by atoms with Gasteiger partial charge in [0.25, 0.3) is 0 Å². The molecule has 0 radical (unpaired) electrons. The molecule has 2 heterocycles. The Balaban J connectivity index is 2.41. The molecule has 2 rings (SSSR count). The summed E-state index contributed by atoms with van der Waals surface area (Å²) in [5.41, 5.74) is 0. The van der Waals surface area contributed by atoms with Gasteiger partial charge in [-0.3, -0.25) is 0 Å². The number of hydrogen-bond acceptors (Lipinski definition) is 7. The molecule has 98 valence electrons. The van der Waals surface area contributed by atoms with E-state index < -0.39 is 10.2 Å². The van der Waals surface area contributed by atoms with E-state index in [1.165, 1.54) is 28.3 Å². The highest BCUT2D eigenvalue weighted by Crippen LogP contribution is 2.32. The zero-order valence-electron chi connectivity index (χ0n) is 9.85. The van der Waals surface area contributed by atoms with E-state index in [-0.39, 0.29) is 5.82 Å². The zero-order chi connectivity index (χ0) is 14.0. The molecule has 0 saturated carbocycles. The summed E-state index contributed by atoms with van der Waals surface area (Å²) in [4.78, 5) is 19.0. The van der Waals surface area contributed by atoms with Gasteiger partial charge in [0.1, 0.15) is 27.4 Å². The molecule has 2 aromatic rings. The lowest BCUT2D eigenvalue weighted by Gasteiger charge is -2.06. The van der Waals surface area contributed by atoms with Crippen molar-refractivity contribution in [2.75, 3.05) is 0 Å². The number of thiol groups is 1. The monoisotopic (exact) mass is 295 g/mol. The van der Waals surface area contributed by atoms with Crippen molar-refractivity contribution in [2.45, 2.75) is 18.7 Å². The fourth-order valence-electron chi connectivity index (χ4n) is 1.64. The van der Waals surface area contributed by atoms with Crippen molar-refractivity contribution in [3.8, 4) is 6.07 Å². The molecule has 9 heteroatoms. The summed E-state index contributed by atoms with van der Waals surface area (Å²) in [6.45, 7) is 2.21. The Kier molecular flexibility index (Phi) is 3.82. The highest BCUT2D eigenvalue weighted by atomic mass is 32.1. The van der Waals surface area contributed by atoms with Crippen LogP contribution < -0.4 is 0 Å². The normalized spacial score (nSPS) is 12.1. The average Bonchev–Trinajstić information content (AvgIpc) is 3.03. The Labute approximate surface area is 118 Å². The molecule has 0 aromatic carbocycles. The van der Waals surface area contributed by atoms with Crippen LogP contribution in [0.25, 0.3) is 0 Å². The summed E-state index contributed by atoms with van der Waals surface area (Å²) in [7, 11) is 0. The van der Waals surface area contributed by atoms with E-state index in [1.807, 2.05) is 6.07 Å². The van der Waals surface area contributed by atoms with Gasteiger partial charge in [0.15, 0.2) is 0 Å². The van der Waals surface area contributed by atoms with Gasteiger partial charge in [0, 0.05) is 0 Å². The Morgan fingerprint density at radius 2 is 2.37 bits per heavy atom. The van der Waals surface area contributed by atoms with Gasteiger partial charge < -0.3 is 10.1 Å². The van der Waals surface area contributed by atoms with Crippen LogP contribution in [-0.4, -0.2) is 19.5 Å². The van der Waals surface area contributed by atoms with Crippen molar-refractivity contribution in [2.24, 2.45) is 0 Å². The Bertz CT molecular complexity index is 657. The third-order valence-electron chi connectivity index (χ3n) is 2.48. The first-order valence-corrected chi connectivity index (χ1v) is 6.65. The fourth-order valence-corrected chi connectivity index (χ4v) is 2.77. The Morgan fingerprint density at radius 1 is 1.63 bits per heavy atom. The highest BCUT2D eigenvalue weighted by Gasteiger charge is 2.26. The van der Waals surface area contributed by atoms with Gasteiger partial charge in [-0.05, 0) is 11.8 Å². The minimum Gasteiger partial charge on any atom is -0.358 e. The van der Waals surface area contributed by atoms with Crippen molar-refractivity contribution in [1.29, 1.82) is 5.26 Å². The molecule has 0 amide bonds. The van der Waals surface area contributed by atoms with Crippen molar-refractivity contribution < 1.29 is 4.92 Å². The van der Waals surface area contributed by atoms with Crippen LogP contribution in [0.4, 0.5) is 5.82 Å². The maximum atomic E-state index is 10.9. The van der Waals surface area contributed by atoms with Gasteiger partial charge in [0.2, 0.25) is 5.82 Å². The quantitative estimate of drug-likeness (QED) is 0.529. The predicted molar refractivity (Wildman–Crippen MR) is 72.2 cm³/mol. The second-order valence-corrected chi connectivity index (χ2v) is 5.13. The lowest BCUT2D eigenvalue weighted by Crippen LogP contribution is -2.08. The first-order chi connectivity index (χ1) is 9.08. The third kappa shape index (κ3) is 2.45. The molecule has 0 fully saturated rings. The van der Waals surface area contributed by atoms with Gasteiger partial charge in [-0.2, -0.15) is 17.9 Å². The van der Waals surface area contributed by atoms with Crippen LogP contribution in [0.15, 0.2) is 12.4 Å². The van der Waals surface area contributed by atoms with E-state index in [1.54, 1.807) is 6.92 Å². The number of nitriles is 1. The lowest BCUT2D eigenvalue weighted by molar-refractivity contribution is -0.392. The minimum absolute atomic E-state index is 0.0754. The first kappa shape index (κ1) is 13.5. The Hall–Kier alpha value is -1.92. The maximum Gasteiger partial charge on any atom is 0.342 e. The second kappa shape index (κ2) is 5.38. The van der Waals surface area contributed by atoms with Crippen LogP contribution in [0.3, 0.4) is 0 Å². The van der Waals surface area contributed by atoms with Crippen molar-refractivity contribution in [3.05, 3.63) is 38.2 Å². The summed E-state index contributed by atoms with van der Waals surface area (Å²) < 4.78 is 1.48.